The van der Waals surface area contributed by atoms with Gasteiger partial charge in [-0.15, -0.1) is 0 Å². The highest BCUT2D eigenvalue weighted by atomic mass is 35.5. The molecule has 1 unspecified atom stereocenters. The van der Waals surface area contributed by atoms with E-state index in [1.165, 1.54) is 0 Å². The molecular weight excluding hydrogens is 273 g/mol. The van der Waals surface area contributed by atoms with Crippen LogP contribution in [0.25, 0.3) is 0 Å². The van der Waals surface area contributed by atoms with E-state index in [1.54, 1.807) is 6.07 Å². The summed E-state index contributed by atoms with van der Waals surface area (Å²) in [6.45, 7) is 3.76. The molecule has 0 spiro atoms. The lowest BCUT2D eigenvalue weighted by atomic mass is 9.93. The van der Waals surface area contributed by atoms with E-state index in [2.05, 4.69) is 17.2 Å². The molecule has 2 heterocycles. The molecule has 0 saturated carbocycles. The summed E-state index contributed by atoms with van der Waals surface area (Å²) in [7, 11) is 0. The molecule has 100 valence electrons. The van der Waals surface area contributed by atoms with Crippen molar-refractivity contribution in [2.75, 3.05) is 24.3 Å². The third-order valence-corrected chi connectivity index (χ3v) is 3.88. The number of anilines is 2. The number of hydrogen-bond donors (Lipinski definition) is 2. The van der Waals surface area contributed by atoms with E-state index in [1.807, 2.05) is 0 Å². The Morgan fingerprint density at radius 2 is 2.06 bits per heavy atom. The Morgan fingerprint density at radius 1 is 1.39 bits per heavy atom. The van der Waals surface area contributed by atoms with Crippen LogP contribution in [0.1, 0.15) is 19.8 Å². The number of nitrogen functional groups attached to an aromatic ring is 1. The fourth-order valence-electron chi connectivity index (χ4n) is 2.13. The van der Waals surface area contributed by atoms with Gasteiger partial charge in [0.25, 0.3) is 0 Å². The molecule has 0 bridgehead atoms. The number of halogens is 2. The van der Waals surface area contributed by atoms with Crippen LogP contribution in [-0.4, -0.2) is 24.2 Å². The lowest BCUT2D eigenvalue weighted by Crippen LogP contribution is -2.31. The Balaban J connectivity index is 2.06. The van der Waals surface area contributed by atoms with Crippen LogP contribution in [0.4, 0.5) is 11.6 Å². The molecule has 1 aromatic rings. The highest BCUT2D eigenvalue weighted by Crippen LogP contribution is 2.29. The van der Waals surface area contributed by atoms with Gasteiger partial charge in [-0.25, -0.2) is 4.98 Å². The van der Waals surface area contributed by atoms with E-state index in [4.69, 9.17) is 33.7 Å². The predicted molar refractivity (Wildman–Crippen MR) is 75.3 cm³/mol. The van der Waals surface area contributed by atoms with Gasteiger partial charge >= 0.3 is 0 Å². The van der Waals surface area contributed by atoms with Gasteiger partial charge in [0.1, 0.15) is 11.6 Å². The SMILES string of the molecule is CC(Nc1nc(N)c(Cl)cc1Cl)C1CCOCC1. The smallest absolute Gasteiger partial charge is 0.147 e. The van der Waals surface area contributed by atoms with Crippen molar-refractivity contribution < 1.29 is 4.74 Å². The lowest BCUT2D eigenvalue weighted by molar-refractivity contribution is 0.0622. The van der Waals surface area contributed by atoms with Crippen LogP contribution in [-0.2, 0) is 4.74 Å². The van der Waals surface area contributed by atoms with E-state index in [0.717, 1.165) is 26.1 Å². The third kappa shape index (κ3) is 3.19. The van der Waals surface area contributed by atoms with E-state index < -0.39 is 0 Å². The highest BCUT2D eigenvalue weighted by Gasteiger charge is 2.21. The second-order valence-electron chi connectivity index (χ2n) is 4.57. The first-order chi connectivity index (χ1) is 8.58. The number of pyridine rings is 1. The van der Waals surface area contributed by atoms with Crippen molar-refractivity contribution in [3.63, 3.8) is 0 Å². The Kier molecular flexibility index (Phi) is 4.54. The van der Waals surface area contributed by atoms with Gasteiger partial charge in [0.05, 0.1) is 10.0 Å². The van der Waals surface area contributed by atoms with Crippen molar-refractivity contribution in [2.45, 2.75) is 25.8 Å². The first-order valence-electron chi connectivity index (χ1n) is 6.03. The fourth-order valence-corrected chi connectivity index (χ4v) is 2.54. The van der Waals surface area contributed by atoms with Crippen molar-refractivity contribution in [1.29, 1.82) is 0 Å². The maximum atomic E-state index is 6.09. The average Bonchev–Trinajstić information content (AvgIpc) is 2.37. The molecule has 1 atom stereocenters. The minimum absolute atomic E-state index is 0.277. The van der Waals surface area contributed by atoms with Crippen molar-refractivity contribution >= 4 is 34.8 Å². The van der Waals surface area contributed by atoms with Gasteiger partial charge in [-0.1, -0.05) is 23.2 Å². The number of aromatic nitrogens is 1. The summed E-state index contributed by atoms with van der Waals surface area (Å²) in [5, 5.41) is 4.18. The van der Waals surface area contributed by atoms with Gasteiger partial charge in [-0.05, 0) is 31.7 Å². The summed E-state index contributed by atoms with van der Waals surface area (Å²) >= 11 is 11.9. The summed E-state index contributed by atoms with van der Waals surface area (Å²) in [4.78, 5) is 4.18. The van der Waals surface area contributed by atoms with Crippen LogP contribution in [0, 0.1) is 5.92 Å². The standard InChI is InChI=1S/C12H17Cl2N3O/c1-7(8-2-4-18-5-3-8)16-12-10(14)6-9(13)11(15)17-12/h6-8H,2-5H2,1H3,(H3,15,16,17). The van der Waals surface area contributed by atoms with Crippen LogP contribution in [0.5, 0.6) is 0 Å². The molecule has 0 radical (unpaired) electrons. The number of hydrogen-bond acceptors (Lipinski definition) is 4. The number of rotatable bonds is 3. The summed E-state index contributed by atoms with van der Waals surface area (Å²) in [6.07, 6.45) is 2.10. The zero-order valence-electron chi connectivity index (χ0n) is 10.2. The molecule has 1 fully saturated rings. The van der Waals surface area contributed by atoms with Crippen molar-refractivity contribution in [3.05, 3.63) is 16.1 Å². The zero-order valence-corrected chi connectivity index (χ0v) is 11.8. The largest absolute Gasteiger partial charge is 0.382 e. The number of nitrogens with zero attached hydrogens (tertiary/aromatic N) is 1. The molecule has 1 aliphatic heterocycles. The van der Waals surface area contributed by atoms with Crippen molar-refractivity contribution in [3.8, 4) is 0 Å². The minimum atomic E-state index is 0.277. The molecule has 6 heteroatoms. The fraction of sp³-hybridized carbons (Fsp3) is 0.583. The normalized spacial score (nSPS) is 18.6. The molecule has 0 amide bonds. The van der Waals surface area contributed by atoms with E-state index >= 15 is 0 Å². The number of ether oxygens (including phenoxy) is 1. The zero-order chi connectivity index (χ0) is 13.1. The molecule has 1 saturated heterocycles. The van der Waals surface area contributed by atoms with Gasteiger partial charge in [0.2, 0.25) is 0 Å². The summed E-state index contributed by atoms with van der Waals surface area (Å²) < 4.78 is 5.35. The second kappa shape index (κ2) is 5.95. The van der Waals surface area contributed by atoms with Gasteiger partial charge < -0.3 is 15.8 Å². The van der Waals surface area contributed by atoms with Gasteiger partial charge in [0, 0.05) is 19.3 Å². The summed E-state index contributed by atoms with van der Waals surface area (Å²) in [5.74, 6) is 1.45. The molecule has 1 aliphatic rings. The van der Waals surface area contributed by atoms with Crippen LogP contribution in [0.2, 0.25) is 10.0 Å². The molecule has 18 heavy (non-hydrogen) atoms. The molecule has 0 aromatic carbocycles. The Bertz CT molecular complexity index is 422. The van der Waals surface area contributed by atoms with E-state index in [9.17, 15) is 0 Å². The first kappa shape index (κ1) is 13.7. The Hall–Kier alpha value is -0.710. The highest BCUT2D eigenvalue weighted by molar-refractivity contribution is 6.37. The molecule has 1 aromatic heterocycles. The molecule has 3 N–H and O–H groups in total. The van der Waals surface area contributed by atoms with Gasteiger partial charge in [-0.2, -0.15) is 0 Å². The average molecular weight is 290 g/mol. The lowest BCUT2D eigenvalue weighted by Gasteiger charge is -2.29. The third-order valence-electron chi connectivity index (χ3n) is 3.29. The monoisotopic (exact) mass is 289 g/mol. The van der Waals surface area contributed by atoms with E-state index in [-0.39, 0.29) is 6.04 Å². The predicted octanol–water partition coefficient (Wildman–Crippen LogP) is 3.20. The van der Waals surface area contributed by atoms with Crippen molar-refractivity contribution in [1.82, 2.24) is 4.98 Å². The maximum absolute atomic E-state index is 6.09. The van der Waals surface area contributed by atoms with Crippen LogP contribution in [0.15, 0.2) is 6.07 Å². The van der Waals surface area contributed by atoms with Crippen LogP contribution < -0.4 is 11.1 Å². The van der Waals surface area contributed by atoms with Crippen LogP contribution in [0.3, 0.4) is 0 Å². The second-order valence-corrected chi connectivity index (χ2v) is 5.38. The molecule has 0 aliphatic carbocycles. The van der Waals surface area contributed by atoms with Crippen molar-refractivity contribution in [2.24, 2.45) is 5.92 Å². The maximum Gasteiger partial charge on any atom is 0.147 e. The first-order valence-corrected chi connectivity index (χ1v) is 6.79. The summed E-state index contributed by atoms with van der Waals surface area (Å²) in [6, 6.07) is 1.89. The summed E-state index contributed by atoms with van der Waals surface area (Å²) in [5.41, 5.74) is 5.68. The molecule has 4 nitrogen and oxygen atoms in total. The molecule has 2 rings (SSSR count). The topological polar surface area (TPSA) is 60.2 Å². The van der Waals surface area contributed by atoms with Crippen LogP contribution >= 0.6 is 23.2 Å². The number of nitrogens with two attached hydrogens (primary N) is 1. The molecular formula is C12H17Cl2N3O. The minimum Gasteiger partial charge on any atom is -0.382 e. The van der Waals surface area contributed by atoms with E-state index in [0.29, 0.717) is 27.6 Å². The Morgan fingerprint density at radius 3 is 2.72 bits per heavy atom. The van der Waals surface area contributed by atoms with Gasteiger partial charge in [-0.3, -0.25) is 0 Å². The number of nitrogens with one attached hydrogen (secondary N) is 1. The quantitative estimate of drug-likeness (QED) is 0.897. The van der Waals surface area contributed by atoms with Gasteiger partial charge in [0.15, 0.2) is 0 Å². The Labute approximate surface area is 117 Å².